The number of nitrogens with one attached hydrogen (secondary N) is 2. The molecule has 1 amide bonds. The highest BCUT2D eigenvalue weighted by atomic mass is 127. The lowest BCUT2D eigenvalue weighted by Gasteiger charge is -2.20. The summed E-state index contributed by atoms with van der Waals surface area (Å²) in [6, 6.07) is 6.38. The largest absolute Gasteiger partial charge is 0.423 e. The topological polar surface area (TPSA) is 117 Å². The van der Waals surface area contributed by atoms with Crippen molar-refractivity contribution in [2.24, 2.45) is 0 Å². The Bertz CT molecular complexity index is 1040. The second-order valence-electron chi connectivity index (χ2n) is 5.94. The van der Waals surface area contributed by atoms with E-state index in [4.69, 9.17) is 9.52 Å². The number of fused-ring (bicyclic) bond motifs is 1. The van der Waals surface area contributed by atoms with E-state index >= 15 is 0 Å². The first-order valence-corrected chi connectivity index (χ1v) is 8.90. The van der Waals surface area contributed by atoms with E-state index in [1.54, 1.807) is 6.07 Å². The van der Waals surface area contributed by atoms with Gasteiger partial charge in [-0.05, 0) is 59.8 Å². The number of amides is 1. The SMILES string of the molecule is CC(O)(CO)ONC(=O)c1cc(F)c2nc(Nc3ccc(I)cc3F)oc2c1. The summed E-state index contributed by atoms with van der Waals surface area (Å²) < 4.78 is 34.3. The van der Waals surface area contributed by atoms with Crippen molar-refractivity contribution in [3.8, 4) is 0 Å². The fourth-order valence-electron chi connectivity index (χ4n) is 2.13. The molecule has 0 saturated carbocycles. The summed E-state index contributed by atoms with van der Waals surface area (Å²) in [4.78, 5) is 20.6. The first-order valence-electron chi connectivity index (χ1n) is 7.82. The second kappa shape index (κ2) is 7.95. The van der Waals surface area contributed by atoms with Crippen LogP contribution in [-0.2, 0) is 4.84 Å². The number of halogens is 3. The maximum Gasteiger partial charge on any atom is 0.300 e. The molecule has 0 aliphatic rings. The van der Waals surface area contributed by atoms with Gasteiger partial charge in [0.25, 0.3) is 11.9 Å². The summed E-state index contributed by atoms with van der Waals surface area (Å²) in [6.45, 7) is 0.349. The number of aromatic nitrogens is 1. The number of oxazole rings is 1. The Kier molecular flexibility index (Phi) is 5.79. The van der Waals surface area contributed by atoms with Gasteiger partial charge in [-0.3, -0.25) is 4.79 Å². The third-order valence-corrected chi connectivity index (χ3v) is 4.21. The van der Waals surface area contributed by atoms with Crippen LogP contribution in [0.4, 0.5) is 20.5 Å². The van der Waals surface area contributed by atoms with Crippen LogP contribution in [0.25, 0.3) is 11.1 Å². The molecule has 0 bridgehead atoms. The number of carbonyl (C=O) groups is 1. The molecule has 0 aliphatic carbocycles. The number of rotatable bonds is 6. The number of aliphatic hydroxyl groups excluding tert-OH is 1. The standard InChI is InChI=1S/C17H14F2IN3O5/c1-17(26,7-24)28-23-15(25)8-4-11(19)14-13(5-8)27-16(22-14)21-12-3-2-9(20)6-10(12)18/h2-6,24,26H,7H2,1H3,(H,21,22)(H,23,25). The number of hydroxylamine groups is 1. The molecule has 11 heteroatoms. The number of carbonyl (C=O) groups excluding carboxylic acids is 1. The van der Waals surface area contributed by atoms with Gasteiger partial charge in [-0.25, -0.2) is 19.1 Å². The number of benzene rings is 2. The summed E-state index contributed by atoms with van der Waals surface area (Å²) in [6.07, 6.45) is 0. The molecular weight excluding hydrogens is 491 g/mol. The number of anilines is 2. The molecule has 3 aromatic rings. The van der Waals surface area contributed by atoms with Crippen molar-refractivity contribution in [1.82, 2.24) is 10.5 Å². The first kappa shape index (κ1) is 20.4. The molecule has 0 spiro atoms. The van der Waals surface area contributed by atoms with Crippen LogP contribution in [0.3, 0.4) is 0 Å². The predicted octanol–water partition coefficient (Wildman–Crippen LogP) is 2.82. The van der Waals surface area contributed by atoms with Gasteiger partial charge in [-0.2, -0.15) is 4.98 Å². The van der Waals surface area contributed by atoms with Gasteiger partial charge < -0.3 is 19.9 Å². The second-order valence-corrected chi connectivity index (χ2v) is 7.19. The summed E-state index contributed by atoms with van der Waals surface area (Å²) in [5.41, 5.74) is 1.59. The average molecular weight is 505 g/mol. The van der Waals surface area contributed by atoms with Crippen LogP contribution in [-0.4, -0.2) is 33.5 Å². The molecule has 0 saturated heterocycles. The fraction of sp³-hybridized carbons (Fsp3) is 0.176. The molecule has 1 unspecified atom stereocenters. The molecule has 8 nitrogen and oxygen atoms in total. The van der Waals surface area contributed by atoms with Crippen molar-refractivity contribution in [3.05, 3.63) is 51.1 Å². The summed E-state index contributed by atoms with van der Waals surface area (Å²) in [5, 5.41) is 21.0. The smallest absolute Gasteiger partial charge is 0.300 e. The Hall–Kier alpha value is -2.35. The summed E-state index contributed by atoms with van der Waals surface area (Å²) in [5.74, 6) is -4.28. The van der Waals surface area contributed by atoms with E-state index in [1.165, 1.54) is 18.2 Å². The minimum atomic E-state index is -2.00. The molecular formula is C17H14F2IN3O5. The molecule has 28 heavy (non-hydrogen) atoms. The van der Waals surface area contributed by atoms with Gasteiger partial charge in [-0.1, -0.05) is 0 Å². The quantitative estimate of drug-likeness (QED) is 0.231. The Morgan fingerprint density at radius 2 is 2.07 bits per heavy atom. The lowest BCUT2D eigenvalue weighted by Crippen LogP contribution is -2.40. The number of hydrogen-bond donors (Lipinski definition) is 4. The number of nitrogens with zero attached hydrogens (tertiary/aromatic N) is 1. The Balaban J connectivity index is 1.84. The van der Waals surface area contributed by atoms with E-state index in [-0.39, 0.29) is 28.4 Å². The predicted molar refractivity (Wildman–Crippen MR) is 103 cm³/mol. The van der Waals surface area contributed by atoms with Gasteiger partial charge in [0, 0.05) is 9.13 Å². The van der Waals surface area contributed by atoms with Gasteiger partial charge in [0.1, 0.15) is 11.3 Å². The van der Waals surface area contributed by atoms with Gasteiger partial charge in [-0.15, -0.1) is 0 Å². The lowest BCUT2D eigenvalue weighted by atomic mass is 10.2. The molecule has 0 radical (unpaired) electrons. The molecule has 2 aromatic carbocycles. The first-order chi connectivity index (χ1) is 13.2. The molecule has 3 rings (SSSR count). The van der Waals surface area contributed by atoms with Gasteiger partial charge in [0.2, 0.25) is 5.79 Å². The highest BCUT2D eigenvalue weighted by Crippen LogP contribution is 2.27. The zero-order chi connectivity index (χ0) is 20.5. The van der Waals surface area contributed by atoms with Crippen LogP contribution < -0.4 is 10.8 Å². The summed E-state index contributed by atoms with van der Waals surface area (Å²) >= 11 is 1.96. The van der Waals surface area contributed by atoms with Gasteiger partial charge >= 0.3 is 0 Å². The van der Waals surface area contributed by atoms with Crippen molar-refractivity contribution >= 4 is 51.3 Å². The Labute approximate surface area is 170 Å². The van der Waals surface area contributed by atoms with E-state index in [2.05, 4.69) is 15.1 Å². The van der Waals surface area contributed by atoms with E-state index in [9.17, 15) is 18.7 Å². The van der Waals surface area contributed by atoms with Crippen LogP contribution in [0, 0.1) is 15.2 Å². The summed E-state index contributed by atoms with van der Waals surface area (Å²) in [7, 11) is 0. The van der Waals surface area contributed by atoms with Crippen molar-refractivity contribution in [2.45, 2.75) is 12.7 Å². The molecule has 1 aromatic heterocycles. The van der Waals surface area contributed by atoms with Crippen LogP contribution in [0.2, 0.25) is 0 Å². The Morgan fingerprint density at radius 3 is 2.75 bits per heavy atom. The van der Waals surface area contributed by atoms with Crippen molar-refractivity contribution in [3.63, 3.8) is 0 Å². The van der Waals surface area contributed by atoms with Gasteiger partial charge in [0.05, 0.1) is 12.3 Å². The van der Waals surface area contributed by atoms with Crippen LogP contribution >= 0.6 is 22.6 Å². The molecule has 4 N–H and O–H groups in total. The number of aliphatic hydroxyl groups is 2. The van der Waals surface area contributed by atoms with Crippen LogP contribution in [0.5, 0.6) is 0 Å². The van der Waals surface area contributed by atoms with E-state index in [0.717, 1.165) is 13.0 Å². The molecule has 148 valence electrons. The minimum absolute atomic E-state index is 0.0625. The molecule has 0 aliphatic heterocycles. The highest BCUT2D eigenvalue weighted by Gasteiger charge is 2.23. The molecule has 1 atom stereocenters. The number of hydrogen-bond acceptors (Lipinski definition) is 7. The zero-order valence-electron chi connectivity index (χ0n) is 14.3. The van der Waals surface area contributed by atoms with E-state index < -0.39 is 29.9 Å². The van der Waals surface area contributed by atoms with Gasteiger partial charge in [0.15, 0.2) is 11.4 Å². The normalized spacial score (nSPS) is 13.4. The lowest BCUT2D eigenvalue weighted by molar-refractivity contribution is -0.235. The third-order valence-electron chi connectivity index (χ3n) is 3.54. The highest BCUT2D eigenvalue weighted by molar-refractivity contribution is 14.1. The monoisotopic (exact) mass is 505 g/mol. The maximum absolute atomic E-state index is 14.3. The Morgan fingerprint density at radius 1 is 1.32 bits per heavy atom. The fourth-order valence-corrected chi connectivity index (χ4v) is 2.58. The van der Waals surface area contributed by atoms with Crippen molar-refractivity contribution < 1.29 is 33.0 Å². The maximum atomic E-state index is 14.3. The molecule has 0 fully saturated rings. The van der Waals surface area contributed by atoms with Crippen molar-refractivity contribution in [1.29, 1.82) is 0 Å². The zero-order valence-corrected chi connectivity index (χ0v) is 16.5. The average Bonchev–Trinajstić information content (AvgIpc) is 3.05. The van der Waals surface area contributed by atoms with Crippen molar-refractivity contribution in [2.75, 3.05) is 11.9 Å². The third kappa shape index (κ3) is 4.55. The van der Waals surface area contributed by atoms with E-state index in [1.807, 2.05) is 28.1 Å². The molecule has 1 heterocycles. The van der Waals surface area contributed by atoms with Crippen LogP contribution in [0.15, 0.2) is 34.7 Å². The van der Waals surface area contributed by atoms with Crippen LogP contribution in [0.1, 0.15) is 17.3 Å². The van der Waals surface area contributed by atoms with E-state index in [0.29, 0.717) is 3.57 Å². The minimum Gasteiger partial charge on any atom is -0.423 e.